The number of piperidine rings is 1. The molecule has 19 heavy (non-hydrogen) atoms. The first-order chi connectivity index (χ1) is 9.10. The van der Waals surface area contributed by atoms with E-state index in [2.05, 4.69) is 5.32 Å². The number of amides is 1. The largest absolute Gasteiger partial charge is 0.468 e. The lowest BCUT2D eigenvalue weighted by Crippen LogP contribution is -2.53. The smallest absolute Gasteiger partial charge is 0.323 e. The first-order valence-corrected chi connectivity index (χ1v) is 7.47. The summed E-state index contributed by atoms with van der Waals surface area (Å²) in [6.07, 6.45) is 1.84. The summed E-state index contributed by atoms with van der Waals surface area (Å²) in [6, 6.07) is -0.241. The minimum Gasteiger partial charge on any atom is -0.468 e. The second-order valence-corrected chi connectivity index (χ2v) is 6.28. The average Bonchev–Trinajstić information content (AvgIpc) is 2.83. The fourth-order valence-electron chi connectivity index (χ4n) is 2.57. The van der Waals surface area contributed by atoms with Crippen LogP contribution in [0.25, 0.3) is 0 Å². The molecule has 0 bridgehead atoms. The number of ether oxygens (including phenoxy) is 1. The first-order valence-electron chi connectivity index (χ1n) is 6.48. The molecule has 0 saturated carbocycles. The van der Waals surface area contributed by atoms with E-state index in [1.54, 1.807) is 16.7 Å². The van der Waals surface area contributed by atoms with Gasteiger partial charge < -0.3 is 14.7 Å². The molecule has 0 radical (unpaired) electrons. The van der Waals surface area contributed by atoms with Gasteiger partial charge in [0.05, 0.1) is 18.6 Å². The molecule has 0 aromatic carbocycles. The molecule has 2 saturated heterocycles. The minimum atomic E-state index is -0.241. The number of nitrogens with zero attached hydrogens (tertiary/aromatic N) is 1. The van der Waals surface area contributed by atoms with Crippen LogP contribution in [0.2, 0.25) is 0 Å². The zero-order valence-corrected chi connectivity index (χ0v) is 11.9. The Kier molecular flexibility index (Phi) is 4.70. The van der Waals surface area contributed by atoms with Crippen molar-refractivity contribution in [2.45, 2.75) is 30.2 Å². The second kappa shape index (κ2) is 6.11. The summed E-state index contributed by atoms with van der Waals surface area (Å²) in [5.41, 5.74) is 0. The highest BCUT2D eigenvalue weighted by atomic mass is 32.2. The van der Waals surface area contributed by atoms with Gasteiger partial charge in [0.15, 0.2) is 0 Å². The standard InChI is InChI=1S/C12H20N2O4S/c1-18-11(17)9-8-19-12(13-9)3-5-14(6-4-12)10(16)2-7-15/h9,13,15H,2-8H2,1H3/t9-/m0/s1. The summed E-state index contributed by atoms with van der Waals surface area (Å²) in [6.45, 7) is 1.25. The zero-order valence-electron chi connectivity index (χ0n) is 11.1. The van der Waals surface area contributed by atoms with Gasteiger partial charge in [-0.25, -0.2) is 0 Å². The van der Waals surface area contributed by atoms with Crippen LogP contribution in [0.4, 0.5) is 0 Å². The summed E-state index contributed by atoms with van der Waals surface area (Å²) in [5.74, 6) is 0.505. The summed E-state index contributed by atoms with van der Waals surface area (Å²) < 4.78 is 4.75. The molecule has 2 aliphatic rings. The van der Waals surface area contributed by atoms with E-state index in [4.69, 9.17) is 9.84 Å². The minimum absolute atomic E-state index is 0.00450. The van der Waals surface area contributed by atoms with Gasteiger partial charge in [-0.3, -0.25) is 14.9 Å². The number of carbonyl (C=O) groups excluding carboxylic acids is 2. The molecule has 0 aromatic rings. The third-order valence-electron chi connectivity index (χ3n) is 3.70. The molecule has 2 heterocycles. The maximum Gasteiger partial charge on any atom is 0.323 e. The van der Waals surface area contributed by atoms with Crippen LogP contribution in [0.1, 0.15) is 19.3 Å². The SMILES string of the molecule is COC(=O)[C@@H]1CSC2(CCN(C(=O)CCO)CC2)N1. The number of carbonyl (C=O) groups is 2. The van der Waals surface area contributed by atoms with Crippen molar-refractivity contribution >= 4 is 23.6 Å². The average molecular weight is 288 g/mol. The Morgan fingerprint density at radius 3 is 2.74 bits per heavy atom. The van der Waals surface area contributed by atoms with E-state index >= 15 is 0 Å². The molecule has 1 spiro atoms. The van der Waals surface area contributed by atoms with Crippen LogP contribution in [-0.4, -0.2) is 65.4 Å². The van der Waals surface area contributed by atoms with Gasteiger partial charge in [0, 0.05) is 25.3 Å². The van der Waals surface area contributed by atoms with E-state index < -0.39 is 0 Å². The molecule has 2 N–H and O–H groups in total. The number of hydrogen-bond acceptors (Lipinski definition) is 6. The predicted molar refractivity (Wildman–Crippen MR) is 71.6 cm³/mol. The Morgan fingerprint density at radius 1 is 1.47 bits per heavy atom. The molecular formula is C12H20N2O4S. The molecule has 108 valence electrons. The number of thioether (sulfide) groups is 1. The summed E-state index contributed by atoms with van der Waals surface area (Å²) >= 11 is 1.75. The summed E-state index contributed by atoms with van der Waals surface area (Å²) in [7, 11) is 1.40. The van der Waals surface area contributed by atoms with Crippen LogP contribution in [-0.2, 0) is 14.3 Å². The zero-order chi connectivity index (χ0) is 13.9. The molecule has 2 rings (SSSR count). The molecule has 0 unspecified atom stereocenters. The maximum absolute atomic E-state index is 11.7. The normalized spacial score (nSPS) is 25.6. The molecule has 1 amide bonds. The number of aliphatic hydroxyl groups is 1. The van der Waals surface area contributed by atoms with Gasteiger partial charge in [-0.2, -0.15) is 0 Å². The topological polar surface area (TPSA) is 78.9 Å². The molecule has 1 atom stereocenters. The molecule has 2 fully saturated rings. The Labute approximate surface area is 116 Å². The Morgan fingerprint density at radius 2 is 2.16 bits per heavy atom. The first kappa shape index (κ1) is 14.6. The van der Waals surface area contributed by atoms with Gasteiger partial charge in [-0.1, -0.05) is 0 Å². The van der Waals surface area contributed by atoms with Crippen molar-refractivity contribution in [3.63, 3.8) is 0 Å². The number of hydrogen-bond donors (Lipinski definition) is 2. The number of nitrogens with one attached hydrogen (secondary N) is 1. The summed E-state index contributed by atoms with van der Waals surface area (Å²) in [5, 5.41) is 12.1. The van der Waals surface area contributed by atoms with Gasteiger partial charge in [0.2, 0.25) is 5.91 Å². The van der Waals surface area contributed by atoms with Crippen LogP contribution in [0.3, 0.4) is 0 Å². The number of methoxy groups -OCH3 is 1. The third kappa shape index (κ3) is 3.21. The number of esters is 1. The highest BCUT2D eigenvalue weighted by Crippen LogP contribution is 2.39. The molecule has 7 heteroatoms. The van der Waals surface area contributed by atoms with Crippen molar-refractivity contribution in [2.24, 2.45) is 0 Å². The van der Waals surface area contributed by atoms with Crippen molar-refractivity contribution in [3.05, 3.63) is 0 Å². The van der Waals surface area contributed by atoms with Crippen molar-refractivity contribution < 1.29 is 19.4 Å². The highest BCUT2D eigenvalue weighted by Gasteiger charge is 2.44. The van der Waals surface area contributed by atoms with Crippen molar-refractivity contribution in [2.75, 3.05) is 32.6 Å². The van der Waals surface area contributed by atoms with Gasteiger partial charge >= 0.3 is 5.97 Å². The number of likely N-dealkylation sites (tertiary alicyclic amines) is 1. The highest BCUT2D eigenvalue weighted by molar-refractivity contribution is 8.01. The third-order valence-corrected chi connectivity index (χ3v) is 5.28. The maximum atomic E-state index is 11.7. The summed E-state index contributed by atoms with van der Waals surface area (Å²) in [4.78, 5) is 24.9. The van der Waals surface area contributed by atoms with Crippen molar-refractivity contribution in [1.29, 1.82) is 0 Å². The molecule has 6 nitrogen and oxygen atoms in total. The fraction of sp³-hybridized carbons (Fsp3) is 0.833. The van der Waals surface area contributed by atoms with Crippen molar-refractivity contribution in [3.8, 4) is 0 Å². The lowest BCUT2D eigenvalue weighted by atomic mass is 10.0. The Balaban J connectivity index is 1.86. The van der Waals surface area contributed by atoms with E-state index in [1.807, 2.05) is 0 Å². The van der Waals surface area contributed by atoms with Crippen LogP contribution < -0.4 is 5.32 Å². The number of aliphatic hydroxyl groups excluding tert-OH is 1. The lowest BCUT2D eigenvalue weighted by Gasteiger charge is -2.39. The van der Waals surface area contributed by atoms with Gasteiger partial charge in [-0.05, 0) is 12.8 Å². The van der Waals surface area contributed by atoms with E-state index in [0.717, 1.165) is 18.6 Å². The van der Waals surface area contributed by atoms with Gasteiger partial charge in [0.1, 0.15) is 6.04 Å². The quantitative estimate of drug-likeness (QED) is 0.686. The Bertz CT molecular complexity index is 356. The van der Waals surface area contributed by atoms with E-state index in [0.29, 0.717) is 13.1 Å². The van der Waals surface area contributed by atoms with E-state index in [1.165, 1.54) is 7.11 Å². The lowest BCUT2D eigenvalue weighted by molar-refractivity contribution is -0.143. The van der Waals surface area contributed by atoms with Crippen LogP contribution in [0.15, 0.2) is 0 Å². The molecule has 0 aromatic heterocycles. The Hall–Kier alpha value is -0.790. The predicted octanol–water partition coefficient (Wildman–Crippen LogP) is -0.434. The van der Waals surface area contributed by atoms with E-state index in [-0.39, 0.29) is 35.8 Å². The van der Waals surface area contributed by atoms with Crippen LogP contribution >= 0.6 is 11.8 Å². The monoisotopic (exact) mass is 288 g/mol. The molecule has 0 aliphatic carbocycles. The van der Waals surface area contributed by atoms with E-state index in [9.17, 15) is 9.59 Å². The van der Waals surface area contributed by atoms with Gasteiger partial charge in [0.25, 0.3) is 0 Å². The molecule has 2 aliphatic heterocycles. The van der Waals surface area contributed by atoms with Crippen LogP contribution in [0.5, 0.6) is 0 Å². The van der Waals surface area contributed by atoms with Gasteiger partial charge in [-0.15, -0.1) is 11.8 Å². The second-order valence-electron chi connectivity index (χ2n) is 4.88. The van der Waals surface area contributed by atoms with Crippen LogP contribution in [0, 0.1) is 0 Å². The fourth-order valence-corrected chi connectivity index (χ4v) is 3.97. The molecular weight excluding hydrogens is 268 g/mol. The number of rotatable bonds is 3. The van der Waals surface area contributed by atoms with Crippen molar-refractivity contribution in [1.82, 2.24) is 10.2 Å².